The minimum atomic E-state index is -0.978. The number of anilines is 1. The molecule has 156 valence electrons. The fourth-order valence-electron chi connectivity index (χ4n) is 2.89. The zero-order valence-corrected chi connectivity index (χ0v) is 17.6. The van der Waals surface area contributed by atoms with Gasteiger partial charge in [-0.2, -0.15) is 5.10 Å². The van der Waals surface area contributed by atoms with E-state index in [-0.39, 0.29) is 5.56 Å². The molecule has 0 spiro atoms. The Hall–Kier alpha value is -3.78. The summed E-state index contributed by atoms with van der Waals surface area (Å²) < 4.78 is 6.95. The Balaban J connectivity index is 1.33. The lowest BCUT2D eigenvalue weighted by Gasteiger charge is -2.11. The first-order valence-corrected chi connectivity index (χ1v) is 10.6. The predicted molar refractivity (Wildman–Crippen MR) is 119 cm³/mol. The first-order chi connectivity index (χ1) is 15.1. The fraction of sp³-hybridized carbons (Fsp3) is 0.130. The molecule has 8 heteroatoms. The zero-order chi connectivity index (χ0) is 21.6. The van der Waals surface area contributed by atoms with Crippen molar-refractivity contribution < 1.29 is 14.3 Å². The summed E-state index contributed by atoms with van der Waals surface area (Å²) in [5.74, 6) is -1.05. The Labute approximate surface area is 183 Å². The summed E-state index contributed by atoms with van der Waals surface area (Å²) in [6, 6.07) is 19.5. The Kier molecular flexibility index (Phi) is 6.18. The second kappa shape index (κ2) is 9.36. The lowest BCUT2D eigenvalue weighted by atomic mass is 10.2. The van der Waals surface area contributed by atoms with E-state index in [1.165, 1.54) is 24.5 Å². The summed E-state index contributed by atoms with van der Waals surface area (Å²) in [6.45, 7) is 2.06. The largest absolute Gasteiger partial charge is 0.449 e. The van der Waals surface area contributed by atoms with Gasteiger partial charge in [0.1, 0.15) is 0 Å². The van der Waals surface area contributed by atoms with Gasteiger partial charge in [0, 0.05) is 17.1 Å². The summed E-state index contributed by atoms with van der Waals surface area (Å²) >= 11 is 1.31. The summed E-state index contributed by atoms with van der Waals surface area (Å²) in [4.78, 5) is 29.2. The second-order valence-corrected chi connectivity index (χ2v) is 7.71. The quantitative estimate of drug-likeness (QED) is 0.442. The number of thiazole rings is 1. The van der Waals surface area contributed by atoms with E-state index in [4.69, 9.17) is 4.74 Å². The van der Waals surface area contributed by atoms with Gasteiger partial charge >= 0.3 is 5.97 Å². The topological polar surface area (TPSA) is 86.1 Å². The van der Waals surface area contributed by atoms with E-state index in [9.17, 15) is 9.59 Å². The fourth-order valence-corrected chi connectivity index (χ4v) is 3.61. The number of esters is 1. The van der Waals surface area contributed by atoms with Gasteiger partial charge < -0.3 is 4.74 Å². The molecule has 0 aliphatic heterocycles. The van der Waals surface area contributed by atoms with Crippen LogP contribution in [0.4, 0.5) is 5.13 Å². The van der Waals surface area contributed by atoms with Crippen molar-refractivity contribution in [3.8, 4) is 11.3 Å². The molecular weight excluding hydrogens is 412 g/mol. The minimum Gasteiger partial charge on any atom is -0.449 e. The van der Waals surface area contributed by atoms with Gasteiger partial charge in [-0.25, -0.2) is 9.78 Å². The van der Waals surface area contributed by atoms with Crippen molar-refractivity contribution in [3.05, 3.63) is 89.6 Å². The van der Waals surface area contributed by atoms with Crippen LogP contribution in [0.5, 0.6) is 0 Å². The highest BCUT2D eigenvalue weighted by Crippen LogP contribution is 2.24. The van der Waals surface area contributed by atoms with Crippen molar-refractivity contribution in [2.45, 2.75) is 19.6 Å². The van der Waals surface area contributed by atoms with Crippen LogP contribution in [-0.4, -0.2) is 32.7 Å². The van der Waals surface area contributed by atoms with E-state index in [1.54, 1.807) is 10.9 Å². The second-order valence-electron chi connectivity index (χ2n) is 6.85. The van der Waals surface area contributed by atoms with Gasteiger partial charge in [-0.15, -0.1) is 11.3 Å². The van der Waals surface area contributed by atoms with Crippen molar-refractivity contribution in [1.29, 1.82) is 0 Å². The van der Waals surface area contributed by atoms with Crippen LogP contribution in [0.2, 0.25) is 0 Å². The Morgan fingerprint density at radius 2 is 1.81 bits per heavy atom. The molecule has 2 heterocycles. The van der Waals surface area contributed by atoms with Crippen LogP contribution in [-0.2, 0) is 16.1 Å². The van der Waals surface area contributed by atoms with Gasteiger partial charge in [-0.05, 0) is 12.5 Å². The number of nitrogens with one attached hydrogen (secondary N) is 1. The molecule has 1 amide bonds. The summed E-state index contributed by atoms with van der Waals surface area (Å²) in [7, 11) is 0. The van der Waals surface area contributed by atoms with Gasteiger partial charge in [-0.3, -0.25) is 14.8 Å². The molecule has 1 N–H and O–H groups in total. The van der Waals surface area contributed by atoms with E-state index in [0.717, 1.165) is 16.8 Å². The van der Waals surface area contributed by atoms with E-state index in [0.29, 0.717) is 11.7 Å². The third kappa shape index (κ3) is 5.23. The normalized spacial score (nSPS) is 11.6. The lowest BCUT2D eigenvalue weighted by Crippen LogP contribution is -2.29. The van der Waals surface area contributed by atoms with Crippen molar-refractivity contribution in [2.75, 3.05) is 5.32 Å². The number of nitrogens with zero attached hydrogens (tertiary/aromatic N) is 3. The molecule has 0 bridgehead atoms. The molecule has 0 saturated heterocycles. The molecule has 1 unspecified atom stereocenters. The number of amides is 1. The van der Waals surface area contributed by atoms with Crippen LogP contribution in [0.1, 0.15) is 22.8 Å². The Bertz CT molecular complexity index is 1170. The summed E-state index contributed by atoms with van der Waals surface area (Å²) in [5.41, 5.74) is 3.09. The number of carbonyl (C=O) groups is 2. The van der Waals surface area contributed by atoms with Gasteiger partial charge in [0.25, 0.3) is 5.91 Å². The van der Waals surface area contributed by atoms with E-state index in [2.05, 4.69) is 15.4 Å². The van der Waals surface area contributed by atoms with Crippen molar-refractivity contribution in [3.63, 3.8) is 0 Å². The van der Waals surface area contributed by atoms with Crippen LogP contribution in [0, 0.1) is 0 Å². The Morgan fingerprint density at radius 1 is 1.10 bits per heavy atom. The number of aromatic nitrogens is 3. The number of rotatable bonds is 7. The molecule has 0 fully saturated rings. The molecule has 0 radical (unpaired) electrons. The van der Waals surface area contributed by atoms with Gasteiger partial charge in [0.2, 0.25) is 0 Å². The standard InChI is InChI=1S/C23H20N4O3S/c1-16(21(28)26-23-25-20(15-31-23)18-10-6-3-7-11-18)30-22(29)19-12-24-27(14-19)13-17-8-4-2-5-9-17/h2-12,14-16H,13H2,1H3,(H,25,26,28). The molecular formula is C23H20N4O3S. The highest BCUT2D eigenvalue weighted by molar-refractivity contribution is 7.14. The number of hydrogen-bond acceptors (Lipinski definition) is 6. The molecule has 0 aliphatic rings. The molecule has 0 saturated carbocycles. The SMILES string of the molecule is CC(OC(=O)c1cnn(Cc2ccccc2)c1)C(=O)Nc1nc(-c2ccccc2)cs1. The Morgan fingerprint density at radius 3 is 2.55 bits per heavy atom. The average Bonchev–Trinajstić information content (AvgIpc) is 3.45. The molecule has 4 rings (SSSR count). The lowest BCUT2D eigenvalue weighted by molar-refractivity contribution is -0.123. The maximum atomic E-state index is 12.4. The predicted octanol–water partition coefficient (Wildman–Crippen LogP) is 4.24. The van der Waals surface area contributed by atoms with E-state index in [1.807, 2.05) is 66.0 Å². The van der Waals surface area contributed by atoms with Crippen LogP contribution in [0.3, 0.4) is 0 Å². The van der Waals surface area contributed by atoms with Crippen LogP contribution < -0.4 is 5.32 Å². The van der Waals surface area contributed by atoms with Crippen LogP contribution in [0.25, 0.3) is 11.3 Å². The first-order valence-electron chi connectivity index (χ1n) is 9.67. The maximum Gasteiger partial charge on any atom is 0.342 e. The highest BCUT2D eigenvalue weighted by Gasteiger charge is 2.21. The smallest absolute Gasteiger partial charge is 0.342 e. The molecule has 4 aromatic rings. The van der Waals surface area contributed by atoms with Crippen molar-refractivity contribution in [1.82, 2.24) is 14.8 Å². The monoisotopic (exact) mass is 432 g/mol. The average molecular weight is 433 g/mol. The van der Waals surface area contributed by atoms with Gasteiger partial charge in [0.15, 0.2) is 11.2 Å². The van der Waals surface area contributed by atoms with Crippen molar-refractivity contribution >= 4 is 28.3 Å². The van der Waals surface area contributed by atoms with Crippen LogP contribution in [0.15, 0.2) is 78.4 Å². The molecule has 2 aromatic carbocycles. The number of ether oxygens (including phenoxy) is 1. The van der Waals surface area contributed by atoms with E-state index < -0.39 is 18.0 Å². The number of carbonyl (C=O) groups excluding carboxylic acids is 2. The summed E-state index contributed by atoms with van der Waals surface area (Å²) in [6.07, 6.45) is 2.06. The zero-order valence-electron chi connectivity index (χ0n) is 16.8. The maximum absolute atomic E-state index is 12.4. The van der Waals surface area contributed by atoms with E-state index >= 15 is 0 Å². The number of hydrogen-bond donors (Lipinski definition) is 1. The third-order valence-corrected chi connectivity index (χ3v) is 5.27. The molecule has 1 atom stereocenters. The highest BCUT2D eigenvalue weighted by atomic mass is 32.1. The van der Waals surface area contributed by atoms with Crippen molar-refractivity contribution in [2.24, 2.45) is 0 Å². The van der Waals surface area contributed by atoms with Gasteiger partial charge in [0.05, 0.1) is 24.0 Å². The number of benzene rings is 2. The molecule has 0 aliphatic carbocycles. The van der Waals surface area contributed by atoms with Crippen LogP contribution >= 0.6 is 11.3 Å². The first kappa shape index (κ1) is 20.5. The third-order valence-electron chi connectivity index (χ3n) is 4.51. The van der Waals surface area contributed by atoms with Gasteiger partial charge in [-0.1, -0.05) is 60.7 Å². The molecule has 7 nitrogen and oxygen atoms in total. The molecule has 31 heavy (non-hydrogen) atoms. The molecule has 2 aromatic heterocycles. The summed E-state index contributed by atoms with van der Waals surface area (Å²) in [5, 5.41) is 9.20. The minimum absolute atomic E-state index is 0.288.